The van der Waals surface area contributed by atoms with Gasteiger partial charge in [-0.1, -0.05) is 13.8 Å². The second-order valence-corrected chi connectivity index (χ2v) is 6.03. The van der Waals surface area contributed by atoms with E-state index in [2.05, 4.69) is 5.32 Å². The maximum absolute atomic E-state index is 12.9. The molecule has 0 saturated carbocycles. The summed E-state index contributed by atoms with van der Waals surface area (Å²) in [6.45, 7) is 8.43. The van der Waals surface area contributed by atoms with Gasteiger partial charge in [0.1, 0.15) is 11.6 Å². The Balaban J connectivity index is 2.28. The Morgan fingerprint density at radius 3 is 2.50 bits per heavy atom. The van der Waals surface area contributed by atoms with Gasteiger partial charge in [0.15, 0.2) is 0 Å². The zero-order valence-corrected chi connectivity index (χ0v) is 12.9. The normalized spacial score (nSPS) is 34.0. The summed E-state index contributed by atoms with van der Waals surface area (Å²) in [7, 11) is 0. The van der Waals surface area contributed by atoms with E-state index in [4.69, 9.17) is 4.74 Å². The van der Waals surface area contributed by atoms with Crippen LogP contribution in [-0.4, -0.2) is 47.0 Å². The predicted molar refractivity (Wildman–Crippen MR) is 76.2 cm³/mol. The molecule has 0 bridgehead atoms. The van der Waals surface area contributed by atoms with Crippen LogP contribution >= 0.6 is 0 Å². The average molecular weight is 282 g/mol. The van der Waals surface area contributed by atoms with Crippen molar-refractivity contribution in [3.8, 4) is 0 Å². The highest BCUT2D eigenvalue weighted by Crippen LogP contribution is 2.30. The molecular formula is C15H26N2O3. The molecule has 0 radical (unpaired) electrons. The summed E-state index contributed by atoms with van der Waals surface area (Å²) in [5.74, 6) is 0.0427. The van der Waals surface area contributed by atoms with Crippen LogP contribution in [0.1, 0.15) is 53.4 Å². The van der Waals surface area contributed by atoms with Crippen molar-refractivity contribution in [3.63, 3.8) is 0 Å². The maximum atomic E-state index is 12.9. The minimum absolute atomic E-state index is 0.0348. The molecule has 114 valence electrons. The van der Waals surface area contributed by atoms with Gasteiger partial charge in [-0.2, -0.15) is 0 Å². The zero-order chi connectivity index (χ0) is 14.9. The number of carbonyl (C=O) groups excluding carboxylic acids is 2. The minimum atomic E-state index is -0.717. The van der Waals surface area contributed by atoms with Crippen molar-refractivity contribution in [1.29, 1.82) is 0 Å². The predicted octanol–water partition coefficient (Wildman–Crippen LogP) is 1.46. The van der Waals surface area contributed by atoms with Crippen molar-refractivity contribution in [2.75, 3.05) is 6.61 Å². The number of hydrogen-bond donors (Lipinski definition) is 1. The van der Waals surface area contributed by atoms with Crippen LogP contribution in [0.5, 0.6) is 0 Å². The van der Waals surface area contributed by atoms with Gasteiger partial charge in [-0.25, -0.2) is 0 Å². The topological polar surface area (TPSA) is 58.6 Å². The van der Waals surface area contributed by atoms with Crippen molar-refractivity contribution in [2.45, 2.75) is 77.1 Å². The summed E-state index contributed by atoms with van der Waals surface area (Å²) >= 11 is 0. The monoisotopic (exact) mass is 282 g/mol. The third-order valence-electron chi connectivity index (χ3n) is 4.86. The molecule has 1 N–H and O–H groups in total. The number of amides is 2. The number of ether oxygens (including phenoxy) is 1. The molecule has 2 aliphatic heterocycles. The highest BCUT2D eigenvalue weighted by Gasteiger charge is 2.49. The maximum Gasteiger partial charge on any atom is 0.249 e. The van der Waals surface area contributed by atoms with Crippen molar-refractivity contribution >= 4 is 11.8 Å². The Morgan fingerprint density at radius 1 is 1.30 bits per heavy atom. The van der Waals surface area contributed by atoms with E-state index >= 15 is 0 Å². The van der Waals surface area contributed by atoms with Gasteiger partial charge in [0, 0.05) is 12.6 Å². The molecular weight excluding hydrogens is 256 g/mol. The third-order valence-corrected chi connectivity index (χ3v) is 4.86. The summed E-state index contributed by atoms with van der Waals surface area (Å²) in [4.78, 5) is 27.0. The Bertz CT molecular complexity index is 393. The van der Waals surface area contributed by atoms with Crippen LogP contribution in [-0.2, 0) is 14.3 Å². The highest BCUT2D eigenvalue weighted by atomic mass is 16.5. The fraction of sp³-hybridized carbons (Fsp3) is 0.867. The van der Waals surface area contributed by atoms with E-state index in [1.807, 2.05) is 32.6 Å². The van der Waals surface area contributed by atoms with Crippen LogP contribution in [0.15, 0.2) is 0 Å². The van der Waals surface area contributed by atoms with Crippen LogP contribution in [0, 0.1) is 0 Å². The van der Waals surface area contributed by atoms with Gasteiger partial charge in [-0.3, -0.25) is 9.59 Å². The molecule has 0 spiro atoms. The van der Waals surface area contributed by atoms with Crippen LogP contribution in [0.3, 0.4) is 0 Å². The van der Waals surface area contributed by atoms with Gasteiger partial charge in [-0.05, 0) is 39.5 Å². The van der Waals surface area contributed by atoms with E-state index < -0.39 is 5.54 Å². The van der Waals surface area contributed by atoms with Crippen LogP contribution < -0.4 is 5.32 Å². The summed E-state index contributed by atoms with van der Waals surface area (Å²) in [6, 6.07) is -0.270. The molecule has 2 aliphatic rings. The number of hydrogen-bond acceptors (Lipinski definition) is 3. The fourth-order valence-electron chi connectivity index (χ4n) is 3.38. The zero-order valence-electron chi connectivity index (χ0n) is 12.9. The second-order valence-electron chi connectivity index (χ2n) is 6.03. The lowest BCUT2D eigenvalue weighted by molar-refractivity contribution is -0.161. The summed E-state index contributed by atoms with van der Waals surface area (Å²) in [5.41, 5.74) is -0.717. The molecule has 0 aromatic heterocycles. The molecule has 2 heterocycles. The quantitative estimate of drug-likeness (QED) is 0.852. The van der Waals surface area contributed by atoms with E-state index in [1.165, 1.54) is 0 Å². The highest BCUT2D eigenvalue weighted by molar-refractivity contribution is 5.99. The molecule has 2 rings (SSSR count). The lowest BCUT2D eigenvalue weighted by Gasteiger charge is -2.49. The molecule has 5 heteroatoms. The standard InChI is InChI=1S/C15H26N2O3/c1-5-15(6-2)14(19)17(11(4)13(18)16-15)12-7-8-20-10(3)9-12/h10-12H,5-9H2,1-4H3,(H,16,18). The molecule has 2 saturated heterocycles. The lowest BCUT2D eigenvalue weighted by Crippen LogP contribution is -2.71. The van der Waals surface area contributed by atoms with Gasteiger partial charge >= 0.3 is 0 Å². The SMILES string of the molecule is CCC1(CC)NC(=O)C(C)N(C2CCOC(C)C2)C1=O. The van der Waals surface area contributed by atoms with Crippen LogP contribution in [0.25, 0.3) is 0 Å². The number of piperazine rings is 1. The van der Waals surface area contributed by atoms with Gasteiger partial charge in [0.05, 0.1) is 6.10 Å². The Kier molecular flexibility index (Phi) is 4.37. The van der Waals surface area contributed by atoms with Crippen LogP contribution in [0.2, 0.25) is 0 Å². The summed E-state index contributed by atoms with van der Waals surface area (Å²) in [6.07, 6.45) is 3.05. The molecule has 3 unspecified atom stereocenters. The fourth-order valence-corrected chi connectivity index (χ4v) is 3.38. The Morgan fingerprint density at radius 2 is 1.95 bits per heavy atom. The van der Waals surface area contributed by atoms with Crippen molar-refractivity contribution in [1.82, 2.24) is 10.2 Å². The average Bonchev–Trinajstić information content (AvgIpc) is 2.43. The number of carbonyl (C=O) groups is 2. The van der Waals surface area contributed by atoms with E-state index in [0.717, 1.165) is 12.8 Å². The van der Waals surface area contributed by atoms with Gasteiger partial charge in [0.2, 0.25) is 11.8 Å². The summed E-state index contributed by atoms with van der Waals surface area (Å²) in [5, 5.41) is 2.95. The molecule has 3 atom stereocenters. The van der Waals surface area contributed by atoms with E-state index in [0.29, 0.717) is 19.4 Å². The molecule has 2 fully saturated rings. The molecule has 20 heavy (non-hydrogen) atoms. The van der Waals surface area contributed by atoms with Crippen molar-refractivity contribution < 1.29 is 14.3 Å². The molecule has 0 aromatic carbocycles. The lowest BCUT2D eigenvalue weighted by atomic mass is 9.85. The van der Waals surface area contributed by atoms with Crippen molar-refractivity contribution in [3.05, 3.63) is 0 Å². The summed E-state index contributed by atoms with van der Waals surface area (Å²) < 4.78 is 5.56. The molecule has 2 amide bonds. The number of nitrogens with zero attached hydrogens (tertiary/aromatic N) is 1. The number of rotatable bonds is 3. The van der Waals surface area contributed by atoms with Gasteiger partial charge < -0.3 is 15.0 Å². The van der Waals surface area contributed by atoms with E-state index in [-0.39, 0.29) is 30.0 Å². The first kappa shape index (κ1) is 15.3. The van der Waals surface area contributed by atoms with Crippen LogP contribution in [0.4, 0.5) is 0 Å². The molecule has 5 nitrogen and oxygen atoms in total. The third kappa shape index (κ3) is 2.43. The van der Waals surface area contributed by atoms with E-state index in [1.54, 1.807) is 0 Å². The Hall–Kier alpha value is -1.10. The first-order chi connectivity index (χ1) is 9.45. The van der Waals surface area contributed by atoms with Crippen molar-refractivity contribution in [2.24, 2.45) is 0 Å². The second kappa shape index (κ2) is 5.72. The van der Waals surface area contributed by atoms with Gasteiger partial charge in [-0.15, -0.1) is 0 Å². The first-order valence-electron chi connectivity index (χ1n) is 7.71. The van der Waals surface area contributed by atoms with Gasteiger partial charge in [0.25, 0.3) is 0 Å². The Labute approximate surface area is 121 Å². The molecule has 0 aromatic rings. The molecule has 0 aliphatic carbocycles. The number of nitrogens with one attached hydrogen (secondary N) is 1. The van der Waals surface area contributed by atoms with E-state index in [9.17, 15) is 9.59 Å². The first-order valence-corrected chi connectivity index (χ1v) is 7.71. The largest absolute Gasteiger partial charge is 0.378 e. The smallest absolute Gasteiger partial charge is 0.249 e. The minimum Gasteiger partial charge on any atom is -0.378 e.